The Labute approximate surface area is 139 Å². The summed E-state index contributed by atoms with van der Waals surface area (Å²) in [6, 6.07) is 7.62. The van der Waals surface area contributed by atoms with Crippen molar-refractivity contribution in [2.75, 3.05) is 26.2 Å². The Hall–Kier alpha value is -0.620. The molecular weight excluding hydrogens is 320 g/mol. The molecule has 2 aliphatic rings. The highest BCUT2D eigenvalue weighted by Crippen LogP contribution is 2.33. The Bertz CT molecular complexity index is 562. The molecule has 1 saturated carbocycles. The Morgan fingerprint density at radius 2 is 1.55 bits per heavy atom. The first-order valence-electron chi connectivity index (χ1n) is 7.99. The van der Waals surface area contributed by atoms with Crippen molar-refractivity contribution in [2.45, 2.75) is 42.9 Å². The summed E-state index contributed by atoms with van der Waals surface area (Å²) in [6.45, 7) is 2.60. The summed E-state index contributed by atoms with van der Waals surface area (Å²) in [4.78, 5) is 0.434. The second-order valence-corrected chi connectivity index (χ2v) is 8.00. The van der Waals surface area contributed by atoms with Gasteiger partial charge in [0, 0.05) is 26.2 Å². The average molecular weight is 345 g/mol. The van der Waals surface area contributed by atoms with E-state index in [4.69, 9.17) is 0 Å². The molecule has 0 amide bonds. The number of sulfonamides is 1. The van der Waals surface area contributed by atoms with Crippen LogP contribution in [0.4, 0.5) is 0 Å². The summed E-state index contributed by atoms with van der Waals surface area (Å²) in [5.41, 5.74) is 1.30. The number of benzene rings is 1. The summed E-state index contributed by atoms with van der Waals surface area (Å²) in [5, 5.41) is 3.18. The van der Waals surface area contributed by atoms with Crippen LogP contribution in [0, 0.1) is 0 Å². The van der Waals surface area contributed by atoms with Gasteiger partial charge < -0.3 is 5.32 Å². The molecular formula is C16H25ClN2O2S. The number of piperazine rings is 1. The van der Waals surface area contributed by atoms with Gasteiger partial charge in [-0.15, -0.1) is 12.4 Å². The maximum Gasteiger partial charge on any atom is 0.243 e. The molecule has 1 saturated heterocycles. The number of hydrogen-bond acceptors (Lipinski definition) is 3. The third-order valence-electron chi connectivity index (χ3n) is 4.67. The van der Waals surface area contributed by atoms with E-state index in [-0.39, 0.29) is 12.4 Å². The predicted octanol–water partition coefficient (Wildman–Crippen LogP) is 2.75. The van der Waals surface area contributed by atoms with Gasteiger partial charge in [-0.3, -0.25) is 0 Å². The number of halogens is 1. The molecule has 0 aromatic heterocycles. The lowest BCUT2D eigenvalue weighted by atomic mass is 9.84. The van der Waals surface area contributed by atoms with E-state index in [9.17, 15) is 8.42 Å². The van der Waals surface area contributed by atoms with Crippen molar-refractivity contribution in [2.24, 2.45) is 0 Å². The lowest BCUT2D eigenvalue weighted by molar-refractivity contribution is 0.360. The van der Waals surface area contributed by atoms with Gasteiger partial charge in [-0.2, -0.15) is 4.31 Å². The molecule has 0 radical (unpaired) electrons. The third-order valence-corrected chi connectivity index (χ3v) is 6.58. The first-order valence-corrected chi connectivity index (χ1v) is 9.43. The van der Waals surface area contributed by atoms with Crippen LogP contribution in [0.25, 0.3) is 0 Å². The molecule has 3 rings (SSSR count). The lowest BCUT2D eigenvalue weighted by Crippen LogP contribution is -2.46. The molecule has 2 fully saturated rings. The highest BCUT2D eigenvalue weighted by molar-refractivity contribution is 7.89. The Morgan fingerprint density at radius 1 is 0.955 bits per heavy atom. The number of rotatable bonds is 3. The maximum atomic E-state index is 12.6. The summed E-state index contributed by atoms with van der Waals surface area (Å²) in [7, 11) is -3.32. The van der Waals surface area contributed by atoms with Crippen LogP contribution in [-0.4, -0.2) is 38.9 Å². The molecule has 0 unspecified atom stereocenters. The predicted molar refractivity (Wildman–Crippen MR) is 91.1 cm³/mol. The second-order valence-electron chi connectivity index (χ2n) is 6.06. The number of nitrogens with zero attached hydrogens (tertiary/aromatic N) is 1. The van der Waals surface area contributed by atoms with Crippen LogP contribution in [0.5, 0.6) is 0 Å². The highest BCUT2D eigenvalue weighted by atomic mass is 35.5. The van der Waals surface area contributed by atoms with E-state index >= 15 is 0 Å². The van der Waals surface area contributed by atoms with E-state index in [1.807, 2.05) is 12.1 Å². The van der Waals surface area contributed by atoms with Crippen LogP contribution >= 0.6 is 12.4 Å². The lowest BCUT2D eigenvalue weighted by Gasteiger charge is -2.27. The molecule has 1 aliphatic heterocycles. The van der Waals surface area contributed by atoms with Gasteiger partial charge >= 0.3 is 0 Å². The molecule has 1 aromatic carbocycles. The average Bonchev–Trinajstić information content (AvgIpc) is 2.57. The highest BCUT2D eigenvalue weighted by Gasteiger charge is 2.26. The summed E-state index contributed by atoms with van der Waals surface area (Å²) < 4.78 is 26.7. The molecule has 0 bridgehead atoms. The van der Waals surface area contributed by atoms with Gasteiger partial charge in [0.15, 0.2) is 0 Å². The van der Waals surface area contributed by atoms with E-state index in [1.54, 1.807) is 16.4 Å². The van der Waals surface area contributed by atoms with Gasteiger partial charge in [0.25, 0.3) is 0 Å². The van der Waals surface area contributed by atoms with Crippen LogP contribution in [0.3, 0.4) is 0 Å². The van der Waals surface area contributed by atoms with Gasteiger partial charge in [0.1, 0.15) is 0 Å². The van der Waals surface area contributed by atoms with Crippen molar-refractivity contribution >= 4 is 22.4 Å². The Kier molecular flexibility index (Phi) is 6.26. The van der Waals surface area contributed by atoms with Gasteiger partial charge in [-0.05, 0) is 36.5 Å². The third kappa shape index (κ3) is 3.82. The van der Waals surface area contributed by atoms with E-state index in [0.717, 1.165) is 13.1 Å². The molecule has 0 atom stereocenters. The minimum atomic E-state index is -3.32. The van der Waals surface area contributed by atoms with E-state index in [1.165, 1.54) is 37.7 Å². The standard InChI is InChI=1S/C16H24N2O2S.ClH/c19-21(20,18-12-10-17-11-13-18)16-8-6-15(7-9-16)14-4-2-1-3-5-14;/h6-9,14,17H,1-5,10-13H2;1H. The topological polar surface area (TPSA) is 49.4 Å². The van der Waals surface area contributed by atoms with Crippen LogP contribution in [0.1, 0.15) is 43.6 Å². The van der Waals surface area contributed by atoms with E-state index < -0.39 is 10.0 Å². The second kappa shape index (κ2) is 7.77. The van der Waals surface area contributed by atoms with Crippen molar-refractivity contribution in [3.05, 3.63) is 29.8 Å². The SMILES string of the molecule is Cl.O=S(=O)(c1ccc(C2CCCCC2)cc1)N1CCNCC1. The summed E-state index contributed by atoms with van der Waals surface area (Å²) in [6.07, 6.45) is 6.41. The maximum absolute atomic E-state index is 12.6. The van der Waals surface area contributed by atoms with Gasteiger partial charge in [0.2, 0.25) is 10.0 Å². The fraction of sp³-hybridized carbons (Fsp3) is 0.625. The largest absolute Gasteiger partial charge is 0.314 e. The molecule has 124 valence electrons. The van der Waals surface area contributed by atoms with Crippen LogP contribution in [0.2, 0.25) is 0 Å². The molecule has 1 aromatic rings. The molecule has 1 heterocycles. The smallest absolute Gasteiger partial charge is 0.243 e. The molecule has 0 spiro atoms. The summed E-state index contributed by atoms with van der Waals surface area (Å²) >= 11 is 0. The van der Waals surface area contributed by atoms with Crippen molar-refractivity contribution < 1.29 is 8.42 Å². The normalized spacial score (nSPS) is 21.3. The summed E-state index contributed by atoms with van der Waals surface area (Å²) in [5.74, 6) is 0.620. The van der Waals surface area contributed by atoms with Crippen molar-refractivity contribution in [3.63, 3.8) is 0 Å². The van der Waals surface area contributed by atoms with Crippen LogP contribution in [-0.2, 0) is 10.0 Å². The van der Waals surface area contributed by atoms with Crippen molar-refractivity contribution in [1.29, 1.82) is 0 Å². The molecule has 4 nitrogen and oxygen atoms in total. The molecule has 22 heavy (non-hydrogen) atoms. The number of hydrogen-bond donors (Lipinski definition) is 1. The van der Waals surface area contributed by atoms with Crippen LogP contribution in [0.15, 0.2) is 29.2 Å². The molecule has 1 N–H and O–H groups in total. The zero-order valence-electron chi connectivity index (χ0n) is 12.8. The van der Waals surface area contributed by atoms with Gasteiger partial charge in [-0.25, -0.2) is 8.42 Å². The molecule has 1 aliphatic carbocycles. The zero-order valence-corrected chi connectivity index (χ0v) is 14.5. The number of nitrogens with one attached hydrogen (secondary N) is 1. The monoisotopic (exact) mass is 344 g/mol. The minimum Gasteiger partial charge on any atom is -0.314 e. The molecule has 6 heteroatoms. The quantitative estimate of drug-likeness (QED) is 0.917. The fourth-order valence-corrected chi connectivity index (χ4v) is 4.82. The fourth-order valence-electron chi connectivity index (χ4n) is 3.38. The minimum absolute atomic E-state index is 0. The van der Waals surface area contributed by atoms with E-state index in [2.05, 4.69) is 5.32 Å². The van der Waals surface area contributed by atoms with Gasteiger partial charge in [0.05, 0.1) is 4.90 Å². The van der Waals surface area contributed by atoms with Crippen molar-refractivity contribution in [3.8, 4) is 0 Å². The Balaban J connectivity index is 0.00000176. The Morgan fingerprint density at radius 3 is 2.14 bits per heavy atom. The van der Waals surface area contributed by atoms with Crippen molar-refractivity contribution in [1.82, 2.24) is 9.62 Å². The van der Waals surface area contributed by atoms with E-state index in [0.29, 0.717) is 23.9 Å². The van der Waals surface area contributed by atoms with Crippen LogP contribution < -0.4 is 5.32 Å². The first kappa shape index (κ1) is 17.7. The zero-order chi connectivity index (χ0) is 14.7. The van der Waals surface area contributed by atoms with Gasteiger partial charge in [-0.1, -0.05) is 31.4 Å². The first-order chi connectivity index (χ1) is 10.2.